The molecule has 0 saturated carbocycles. The Balaban J connectivity index is 1.49. The van der Waals surface area contributed by atoms with Crippen molar-refractivity contribution in [3.8, 4) is 39.2 Å². The molecule has 2 heterocycles. The summed E-state index contributed by atoms with van der Waals surface area (Å²) in [5.41, 5.74) is 10.2. The lowest BCUT2D eigenvalue weighted by molar-refractivity contribution is 0.909. The van der Waals surface area contributed by atoms with E-state index >= 15 is 0 Å². The minimum absolute atomic E-state index is 0.841. The molecule has 204 valence electrons. The first-order chi connectivity index (χ1) is 21.3. The molecule has 0 bridgehead atoms. The van der Waals surface area contributed by atoms with Crippen LogP contribution in [0.15, 0.2) is 146 Å². The Bertz CT molecular complexity index is 2220. The Morgan fingerprint density at radius 2 is 1.05 bits per heavy atom. The predicted molar refractivity (Wildman–Crippen MR) is 180 cm³/mol. The van der Waals surface area contributed by atoms with E-state index in [1.807, 2.05) is 12.3 Å². The third-order valence-corrected chi connectivity index (χ3v) is 8.43. The smallest absolute Gasteiger partial charge is 0.114 e. The minimum Gasteiger partial charge on any atom is -0.296 e. The van der Waals surface area contributed by atoms with E-state index in [2.05, 4.69) is 145 Å². The van der Waals surface area contributed by atoms with Gasteiger partial charge in [-0.25, -0.2) is 4.98 Å². The van der Waals surface area contributed by atoms with Crippen molar-refractivity contribution in [3.05, 3.63) is 152 Å². The quantitative estimate of drug-likeness (QED) is 0.199. The third-order valence-electron chi connectivity index (χ3n) is 8.43. The molecular formula is C40H29N3. The van der Waals surface area contributed by atoms with Crippen molar-refractivity contribution in [2.24, 2.45) is 0 Å². The number of imidazole rings is 1. The van der Waals surface area contributed by atoms with E-state index in [1.54, 1.807) is 0 Å². The van der Waals surface area contributed by atoms with Crippen LogP contribution in [0.25, 0.3) is 71.8 Å². The van der Waals surface area contributed by atoms with Gasteiger partial charge in [-0.3, -0.25) is 9.55 Å². The van der Waals surface area contributed by atoms with Crippen LogP contribution >= 0.6 is 0 Å². The van der Waals surface area contributed by atoms with Gasteiger partial charge >= 0.3 is 0 Å². The number of para-hydroxylation sites is 3. The Kier molecular flexibility index (Phi) is 6.08. The number of benzene rings is 6. The van der Waals surface area contributed by atoms with Gasteiger partial charge in [0, 0.05) is 23.7 Å². The number of fused-ring (bicyclic) bond motifs is 3. The second-order valence-electron chi connectivity index (χ2n) is 10.8. The molecule has 0 atom stereocenters. The molecular weight excluding hydrogens is 522 g/mol. The lowest BCUT2D eigenvalue weighted by Crippen LogP contribution is -2.03. The van der Waals surface area contributed by atoms with Crippen molar-refractivity contribution in [2.75, 3.05) is 0 Å². The molecule has 2 aromatic heterocycles. The van der Waals surface area contributed by atoms with Crippen LogP contribution in [-0.2, 0) is 6.42 Å². The average Bonchev–Trinajstić information content (AvgIpc) is 3.46. The molecule has 43 heavy (non-hydrogen) atoms. The lowest BCUT2D eigenvalue weighted by Gasteiger charge is -2.21. The van der Waals surface area contributed by atoms with Crippen LogP contribution in [0.3, 0.4) is 0 Å². The summed E-state index contributed by atoms with van der Waals surface area (Å²) in [6, 6.07) is 49.7. The second-order valence-corrected chi connectivity index (χ2v) is 10.8. The molecule has 0 aliphatic carbocycles. The molecule has 6 aromatic carbocycles. The van der Waals surface area contributed by atoms with E-state index in [1.165, 1.54) is 43.8 Å². The van der Waals surface area contributed by atoms with E-state index in [9.17, 15) is 0 Å². The number of rotatable bonds is 5. The highest BCUT2D eigenvalue weighted by atomic mass is 15.1. The molecule has 0 aliphatic heterocycles. The van der Waals surface area contributed by atoms with Crippen molar-refractivity contribution in [3.63, 3.8) is 0 Å². The first-order valence-corrected chi connectivity index (χ1v) is 14.8. The molecule has 3 nitrogen and oxygen atoms in total. The fourth-order valence-corrected chi connectivity index (χ4v) is 6.62. The van der Waals surface area contributed by atoms with Gasteiger partial charge in [-0.05, 0) is 68.6 Å². The third kappa shape index (κ3) is 4.04. The van der Waals surface area contributed by atoms with Crippen molar-refractivity contribution in [2.45, 2.75) is 13.3 Å². The van der Waals surface area contributed by atoms with E-state index < -0.39 is 0 Å². The van der Waals surface area contributed by atoms with Crippen LogP contribution in [0.5, 0.6) is 0 Å². The Morgan fingerprint density at radius 1 is 0.512 bits per heavy atom. The first kappa shape index (κ1) is 25.2. The maximum atomic E-state index is 5.02. The van der Waals surface area contributed by atoms with Crippen molar-refractivity contribution in [1.82, 2.24) is 14.5 Å². The largest absolute Gasteiger partial charge is 0.296 e. The first-order valence-electron chi connectivity index (χ1n) is 14.8. The number of pyridine rings is 1. The highest BCUT2D eigenvalue weighted by Gasteiger charge is 2.22. The van der Waals surface area contributed by atoms with Gasteiger partial charge in [-0.1, -0.05) is 116 Å². The number of hydrogen-bond donors (Lipinski definition) is 0. The van der Waals surface area contributed by atoms with Gasteiger partial charge in [0.25, 0.3) is 0 Å². The molecule has 0 unspecified atom stereocenters. The molecule has 8 aromatic rings. The summed E-state index contributed by atoms with van der Waals surface area (Å²) in [5.74, 6) is 1.06. The molecule has 8 rings (SSSR count). The highest BCUT2D eigenvalue weighted by Crippen LogP contribution is 2.47. The number of aryl methyl sites for hydroxylation is 1. The zero-order valence-electron chi connectivity index (χ0n) is 23.9. The van der Waals surface area contributed by atoms with Crippen molar-refractivity contribution < 1.29 is 0 Å². The van der Waals surface area contributed by atoms with E-state index in [-0.39, 0.29) is 0 Å². The number of nitrogens with zero attached hydrogens (tertiary/aromatic N) is 3. The van der Waals surface area contributed by atoms with Crippen LogP contribution in [0.2, 0.25) is 0 Å². The Hall–Kier alpha value is -5.54. The Morgan fingerprint density at radius 3 is 1.70 bits per heavy atom. The van der Waals surface area contributed by atoms with Gasteiger partial charge in [0.05, 0.1) is 22.4 Å². The van der Waals surface area contributed by atoms with E-state index in [0.29, 0.717) is 0 Å². The highest BCUT2D eigenvalue weighted by molar-refractivity contribution is 6.23. The van der Waals surface area contributed by atoms with Crippen LogP contribution < -0.4 is 0 Å². The predicted octanol–water partition coefficient (Wildman–Crippen LogP) is 10.3. The molecule has 0 amide bonds. The van der Waals surface area contributed by atoms with Crippen LogP contribution in [0.4, 0.5) is 0 Å². The van der Waals surface area contributed by atoms with Gasteiger partial charge in [-0.15, -0.1) is 0 Å². The lowest BCUT2D eigenvalue weighted by atomic mass is 9.84. The topological polar surface area (TPSA) is 30.7 Å². The molecule has 0 spiro atoms. The molecule has 0 N–H and O–H groups in total. The molecule has 0 saturated heterocycles. The van der Waals surface area contributed by atoms with Gasteiger partial charge in [0.2, 0.25) is 0 Å². The van der Waals surface area contributed by atoms with Crippen LogP contribution in [-0.4, -0.2) is 14.5 Å². The summed E-state index contributed by atoms with van der Waals surface area (Å²) in [6.07, 6.45) is 2.71. The minimum atomic E-state index is 0.841. The standard InChI is InChI=1S/C40H29N3/c1-2-38-42-35-23-10-12-25-37(35)43(38)36-24-11-9-21-33(36)40-31-19-7-5-17-29(31)39(30-18-6-8-20-32(30)40)28-16-4-3-15-27(28)34-22-13-14-26-41-34/h3-26H,2H2,1H3. The number of aromatic nitrogens is 3. The maximum Gasteiger partial charge on any atom is 0.114 e. The molecule has 3 heteroatoms. The average molecular weight is 552 g/mol. The van der Waals surface area contributed by atoms with Crippen LogP contribution in [0, 0.1) is 0 Å². The summed E-state index contributed by atoms with van der Waals surface area (Å²) < 4.78 is 2.35. The zero-order chi connectivity index (χ0) is 28.8. The van der Waals surface area contributed by atoms with Gasteiger partial charge in [0.15, 0.2) is 0 Å². The van der Waals surface area contributed by atoms with Gasteiger partial charge in [-0.2, -0.15) is 0 Å². The Labute approximate surface area is 250 Å². The zero-order valence-corrected chi connectivity index (χ0v) is 23.9. The summed E-state index contributed by atoms with van der Waals surface area (Å²) in [5, 5.41) is 4.89. The maximum absolute atomic E-state index is 5.02. The summed E-state index contributed by atoms with van der Waals surface area (Å²) in [4.78, 5) is 9.75. The summed E-state index contributed by atoms with van der Waals surface area (Å²) in [7, 11) is 0. The second kappa shape index (κ2) is 10.4. The fourth-order valence-electron chi connectivity index (χ4n) is 6.62. The fraction of sp³-hybridized carbons (Fsp3) is 0.0500. The van der Waals surface area contributed by atoms with Gasteiger partial charge in [0.1, 0.15) is 5.82 Å². The van der Waals surface area contributed by atoms with Crippen molar-refractivity contribution in [1.29, 1.82) is 0 Å². The van der Waals surface area contributed by atoms with Gasteiger partial charge < -0.3 is 0 Å². The van der Waals surface area contributed by atoms with E-state index in [4.69, 9.17) is 9.97 Å². The van der Waals surface area contributed by atoms with Crippen LogP contribution in [0.1, 0.15) is 12.7 Å². The summed E-state index contributed by atoms with van der Waals surface area (Å²) in [6.45, 7) is 2.18. The normalized spacial score (nSPS) is 11.5. The molecule has 0 fully saturated rings. The number of hydrogen-bond acceptors (Lipinski definition) is 2. The monoisotopic (exact) mass is 551 g/mol. The summed E-state index contributed by atoms with van der Waals surface area (Å²) >= 11 is 0. The van der Waals surface area contributed by atoms with Crippen molar-refractivity contribution >= 4 is 32.6 Å². The molecule has 0 aliphatic rings. The SMILES string of the molecule is CCc1nc2ccccc2n1-c1ccccc1-c1c2ccccc2c(-c2ccccc2-c2ccccn2)c2ccccc12. The molecule has 0 radical (unpaired) electrons. The van der Waals surface area contributed by atoms with E-state index in [0.717, 1.165) is 40.2 Å².